The van der Waals surface area contributed by atoms with Gasteiger partial charge in [0.15, 0.2) is 0 Å². The van der Waals surface area contributed by atoms with Gasteiger partial charge in [-0.3, -0.25) is 9.97 Å². The maximum Gasteiger partial charge on any atom is 0.416 e. The Balaban J connectivity index is 2.05. The van der Waals surface area contributed by atoms with E-state index in [1.165, 1.54) is 12.1 Å². The first-order valence-corrected chi connectivity index (χ1v) is 9.01. The smallest absolute Gasteiger partial charge is 0.259 e. The molecule has 3 rings (SSSR count). The van der Waals surface area contributed by atoms with Crippen molar-refractivity contribution in [2.75, 3.05) is 0 Å². The van der Waals surface area contributed by atoms with Gasteiger partial charge in [-0.05, 0) is 50.6 Å². The molecule has 148 valence electrons. The molecule has 0 amide bonds. The highest BCUT2D eigenvalue weighted by Gasteiger charge is 2.37. The number of benzene rings is 1. The fourth-order valence-electron chi connectivity index (χ4n) is 3.14. The molecule has 1 heterocycles. The Kier molecular flexibility index (Phi) is 5.00. The Hall–Kier alpha value is -2.75. The van der Waals surface area contributed by atoms with Crippen molar-refractivity contribution in [1.29, 1.82) is 0 Å². The van der Waals surface area contributed by atoms with E-state index >= 15 is 0 Å². The van der Waals surface area contributed by atoms with Crippen LogP contribution in [0.25, 0.3) is 0 Å². The van der Waals surface area contributed by atoms with Crippen molar-refractivity contribution in [2.24, 2.45) is 0 Å². The van der Waals surface area contributed by atoms with E-state index in [0.29, 0.717) is 16.2 Å². The van der Waals surface area contributed by atoms with Gasteiger partial charge in [0, 0.05) is 9.80 Å². The number of hydrogen-bond donors (Lipinski definition) is 2. The van der Waals surface area contributed by atoms with Crippen LogP contribution in [0, 0.1) is 0 Å². The molecule has 2 aromatic rings. The third-order valence-electron chi connectivity index (χ3n) is 4.42. The molecule has 1 unspecified atom stereocenters. The summed E-state index contributed by atoms with van der Waals surface area (Å²) in [5, 5.41) is 0. The highest BCUT2D eigenvalue weighted by molar-refractivity contribution is 8.03. The van der Waals surface area contributed by atoms with Crippen LogP contribution in [-0.4, -0.2) is 14.5 Å². The lowest BCUT2D eigenvalue weighted by molar-refractivity contribution is -0.137. The molecule has 0 aliphatic heterocycles. The lowest BCUT2D eigenvalue weighted by atomic mass is 9.88. The Morgan fingerprint density at radius 1 is 1.04 bits per heavy atom. The number of rotatable bonds is 3. The number of aromatic amines is 2. The van der Waals surface area contributed by atoms with Crippen LogP contribution in [0.2, 0.25) is 0 Å². The lowest BCUT2D eigenvalue weighted by Gasteiger charge is -2.35. The minimum Gasteiger partial charge on any atom is -0.259 e. The van der Waals surface area contributed by atoms with Crippen LogP contribution in [-0.2, 0) is 11.7 Å². The topological polar surface area (TPSA) is 87.7 Å². The number of H-pyrrole nitrogens is 2. The average molecular weight is 411 g/mol. The maximum atomic E-state index is 12.8. The van der Waals surface area contributed by atoms with Gasteiger partial charge in [-0.25, -0.2) is 19.0 Å². The van der Waals surface area contributed by atoms with Crippen LogP contribution < -0.4 is 17.1 Å². The van der Waals surface area contributed by atoms with Crippen molar-refractivity contribution in [3.63, 3.8) is 0 Å². The molecule has 0 saturated heterocycles. The van der Waals surface area contributed by atoms with Crippen LogP contribution in [0.5, 0.6) is 0 Å². The predicted octanol–water partition coefficient (Wildman–Crippen LogP) is 2.99. The van der Waals surface area contributed by atoms with Gasteiger partial charge in [0.05, 0.1) is 11.1 Å². The molecule has 1 aromatic heterocycles. The normalized spacial score (nSPS) is 19.9. The molecule has 2 N–H and O–H groups in total. The average Bonchev–Trinajstić information content (AvgIpc) is 2.56. The zero-order valence-corrected chi connectivity index (χ0v) is 15.7. The Bertz CT molecular complexity index is 1110. The van der Waals surface area contributed by atoms with Crippen molar-refractivity contribution >= 4 is 11.8 Å². The number of thioether (sulfide) groups is 1. The van der Waals surface area contributed by atoms with Crippen LogP contribution in [0.3, 0.4) is 0 Å². The van der Waals surface area contributed by atoms with Gasteiger partial charge < -0.3 is 0 Å². The van der Waals surface area contributed by atoms with Crippen LogP contribution in [0.15, 0.2) is 66.2 Å². The fraction of sp³-hybridized carbons (Fsp3) is 0.278. The summed E-state index contributed by atoms with van der Waals surface area (Å²) in [4.78, 5) is 41.2. The number of nitrogens with zero attached hydrogens (tertiary/aromatic N) is 1. The van der Waals surface area contributed by atoms with Gasteiger partial charge in [-0.1, -0.05) is 23.4 Å². The van der Waals surface area contributed by atoms with E-state index < -0.39 is 34.3 Å². The molecule has 1 aliphatic rings. The minimum atomic E-state index is -4.43. The number of aromatic nitrogens is 3. The summed E-state index contributed by atoms with van der Waals surface area (Å²) in [6, 6.07) is 4.62. The number of nitrogens with one attached hydrogen (secondary N) is 2. The summed E-state index contributed by atoms with van der Waals surface area (Å²) >= 11 is 1.15. The summed E-state index contributed by atoms with van der Waals surface area (Å²) in [5.74, 6) is 0. The van der Waals surface area contributed by atoms with Gasteiger partial charge in [0.25, 0.3) is 0 Å². The van der Waals surface area contributed by atoms with Crippen LogP contribution in [0.4, 0.5) is 13.2 Å². The SMILES string of the molecule is CC1=CC=C(Sc2ccc(C(F)(F)F)cc2)C(C)(n2c(=O)[nH]c(=O)[nH]c2=O)C1. The predicted molar refractivity (Wildman–Crippen MR) is 99.3 cm³/mol. The van der Waals surface area contributed by atoms with Crippen LogP contribution in [0.1, 0.15) is 25.8 Å². The number of allylic oxidation sites excluding steroid dienone is 4. The van der Waals surface area contributed by atoms with Gasteiger partial charge in [0.1, 0.15) is 0 Å². The molecule has 1 atom stereocenters. The van der Waals surface area contributed by atoms with E-state index in [4.69, 9.17) is 0 Å². The first-order valence-electron chi connectivity index (χ1n) is 8.20. The summed E-state index contributed by atoms with van der Waals surface area (Å²) in [6.07, 6.45) is -0.573. The monoisotopic (exact) mass is 411 g/mol. The van der Waals surface area contributed by atoms with Gasteiger partial charge in [-0.2, -0.15) is 13.2 Å². The van der Waals surface area contributed by atoms with E-state index in [1.807, 2.05) is 23.0 Å². The summed E-state index contributed by atoms with van der Waals surface area (Å²) in [6.45, 7) is 3.50. The molecule has 0 saturated carbocycles. The van der Waals surface area contributed by atoms with E-state index in [9.17, 15) is 27.6 Å². The third kappa shape index (κ3) is 3.77. The second-order valence-corrected chi connectivity index (χ2v) is 7.76. The maximum absolute atomic E-state index is 12.8. The highest BCUT2D eigenvalue weighted by Crippen LogP contribution is 2.44. The van der Waals surface area contributed by atoms with Gasteiger partial charge >= 0.3 is 23.2 Å². The summed E-state index contributed by atoms with van der Waals surface area (Å²) in [5.41, 5.74) is -3.59. The largest absolute Gasteiger partial charge is 0.416 e. The quantitative estimate of drug-likeness (QED) is 0.813. The Labute approximate surface area is 160 Å². The molecular weight excluding hydrogens is 395 g/mol. The summed E-state index contributed by atoms with van der Waals surface area (Å²) in [7, 11) is 0. The Morgan fingerprint density at radius 2 is 1.61 bits per heavy atom. The molecule has 10 heteroatoms. The van der Waals surface area contributed by atoms with Crippen molar-refractivity contribution in [1.82, 2.24) is 14.5 Å². The van der Waals surface area contributed by atoms with E-state index in [1.54, 1.807) is 13.0 Å². The van der Waals surface area contributed by atoms with Crippen molar-refractivity contribution in [3.05, 3.63) is 83.9 Å². The molecule has 0 bridgehead atoms. The minimum absolute atomic E-state index is 0.321. The first-order chi connectivity index (χ1) is 13.0. The molecule has 1 aromatic carbocycles. The van der Waals surface area contributed by atoms with Crippen molar-refractivity contribution in [2.45, 2.75) is 36.9 Å². The summed E-state index contributed by atoms with van der Waals surface area (Å²) < 4.78 is 39.2. The van der Waals surface area contributed by atoms with Gasteiger partial charge in [0.2, 0.25) is 0 Å². The molecule has 0 radical (unpaired) electrons. The number of alkyl halides is 3. The molecule has 28 heavy (non-hydrogen) atoms. The molecule has 1 aliphatic carbocycles. The van der Waals surface area contributed by atoms with Crippen molar-refractivity contribution in [3.8, 4) is 0 Å². The zero-order valence-electron chi connectivity index (χ0n) is 14.9. The standard InChI is InChI=1S/C18H16F3N3O3S/c1-10-3-8-13(28-12-6-4-11(5-7-12)18(19,20)21)17(2,9-10)24-15(26)22-14(25)23-16(24)27/h3-8H,9H2,1-2H3,(H2,22,23,25,26,27). The van der Waals surface area contributed by atoms with E-state index in [2.05, 4.69) is 0 Å². The third-order valence-corrected chi connectivity index (χ3v) is 5.73. The fourth-order valence-corrected chi connectivity index (χ4v) is 4.18. The second-order valence-electron chi connectivity index (χ2n) is 6.64. The Morgan fingerprint density at radius 3 is 2.14 bits per heavy atom. The van der Waals surface area contributed by atoms with E-state index in [-0.39, 0.29) is 0 Å². The van der Waals surface area contributed by atoms with E-state index in [0.717, 1.165) is 34.0 Å². The first kappa shape index (κ1) is 20.0. The lowest BCUT2D eigenvalue weighted by Crippen LogP contribution is -2.53. The zero-order chi connectivity index (χ0) is 20.7. The molecular formula is C18H16F3N3O3S. The molecule has 0 fully saturated rings. The van der Waals surface area contributed by atoms with Crippen LogP contribution >= 0.6 is 11.8 Å². The van der Waals surface area contributed by atoms with Gasteiger partial charge in [-0.15, -0.1) is 0 Å². The second kappa shape index (κ2) is 7.01. The number of halogens is 3. The number of hydrogen-bond acceptors (Lipinski definition) is 4. The van der Waals surface area contributed by atoms with Crippen molar-refractivity contribution < 1.29 is 13.2 Å². The highest BCUT2D eigenvalue weighted by atomic mass is 32.2. The molecule has 6 nitrogen and oxygen atoms in total. The molecule has 0 spiro atoms.